The van der Waals surface area contributed by atoms with E-state index >= 15 is 0 Å². The molecule has 0 bridgehead atoms. The lowest BCUT2D eigenvalue weighted by Gasteiger charge is -2.40. The lowest BCUT2D eigenvalue weighted by Crippen LogP contribution is -2.60. The van der Waals surface area contributed by atoms with Gasteiger partial charge in [-0.15, -0.1) is 0 Å². The van der Waals surface area contributed by atoms with Crippen LogP contribution in [0.15, 0.2) is 12.2 Å². The predicted octanol–water partition coefficient (Wildman–Crippen LogP) is 4.66. The normalized spacial score (nSPS) is 24.2. The largest absolute Gasteiger partial charge is 0.394 e. The number of carbonyl (C=O) groups excluding carboxylic acids is 1. The van der Waals surface area contributed by atoms with Crippen molar-refractivity contribution < 1.29 is 39.8 Å². The minimum absolute atomic E-state index is 0.188. The van der Waals surface area contributed by atoms with Gasteiger partial charge in [0.1, 0.15) is 24.4 Å². The summed E-state index contributed by atoms with van der Waals surface area (Å²) in [5, 5.41) is 53.3. The van der Waals surface area contributed by atoms with E-state index in [-0.39, 0.29) is 12.5 Å². The first-order valence-electron chi connectivity index (χ1n) is 16.9. The summed E-state index contributed by atoms with van der Waals surface area (Å²) in [4.78, 5) is 12.5. The highest BCUT2D eigenvalue weighted by atomic mass is 16.7. The number of unbranched alkanes of at least 4 members (excludes halogenated alkanes) is 16. The Labute approximate surface area is 255 Å². The Morgan fingerprint density at radius 2 is 1.31 bits per heavy atom. The molecule has 0 spiro atoms. The monoisotopic (exact) mass is 601 g/mol. The molecule has 7 atom stereocenters. The average molecular weight is 602 g/mol. The maximum atomic E-state index is 12.5. The van der Waals surface area contributed by atoms with E-state index in [4.69, 9.17) is 9.47 Å². The van der Waals surface area contributed by atoms with E-state index in [1.54, 1.807) is 6.08 Å². The van der Waals surface area contributed by atoms with Gasteiger partial charge in [0.25, 0.3) is 0 Å². The van der Waals surface area contributed by atoms with E-state index in [1.165, 1.54) is 77.0 Å². The number of hydrogen-bond donors (Lipinski definition) is 6. The van der Waals surface area contributed by atoms with Crippen molar-refractivity contribution in [3.8, 4) is 0 Å². The fourth-order valence-electron chi connectivity index (χ4n) is 5.27. The minimum Gasteiger partial charge on any atom is -0.394 e. The van der Waals surface area contributed by atoms with Crippen LogP contribution in [0.3, 0.4) is 0 Å². The molecule has 0 aromatic heterocycles. The molecule has 0 aromatic carbocycles. The fourth-order valence-corrected chi connectivity index (χ4v) is 5.27. The number of ether oxygens (including phenoxy) is 2. The second-order valence-electron chi connectivity index (χ2n) is 12.0. The number of aliphatic hydroxyl groups is 5. The molecule has 1 aliphatic rings. The topological polar surface area (TPSA) is 149 Å². The van der Waals surface area contributed by atoms with Gasteiger partial charge in [-0.25, -0.2) is 0 Å². The van der Waals surface area contributed by atoms with Gasteiger partial charge < -0.3 is 40.3 Å². The number of aliphatic hydroxyl groups excluding tert-OH is 5. The van der Waals surface area contributed by atoms with E-state index in [0.29, 0.717) is 6.42 Å². The van der Waals surface area contributed by atoms with Crippen LogP contribution < -0.4 is 5.32 Å². The molecule has 0 radical (unpaired) electrons. The van der Waals surface area contributed by atoms with Crippen LogP contribution in [0.2, 0.25) is 0 Å². The number of hydrogen-bond acceptors (Lipinski definition) is 8. The Morgan fingerprint density at radius 1 is 0.786 bits per heavy atom. The predicted molar refractivity (Wildman–Crippen MR) is 166 cm³/mol. The Kier molecular flexibility index (Phi) is 23.4. The first-order chi connectivity index (χ1) is 20.3. The summed E-state index contributed by atoms with van der Waals surface area (Å²) in [6, 6.07) is -0.793. The maximum absolute atomic E-state index is 12.5. The lowest BCUT2D eigenvalue weighted by atomic mass is 9.99. The molecule has 9 heteroatoms. The third-order valence-corrected chi connectivity index (χ3v) is 8.11. The molecule has 1 rings (SSSR count). The third kappa shape index (κ3) is 17.3. The molecule has 7 unspecified atom stereocenters. The van der Waals surface area contributed by atoms with Crippen molar-refractivity contribution in [2.45, 2.75) is 179 Å². The molecule has 1 heterocycles. The Balaban J connectivity index is 2.37. The van der Waals surface area contributed by atoms with Crippen molar-refractivity contribution in [1.29, 1.82) is 0 Å². The molecule has 9 nitrogen and oxygen atoms in total. The van der Waals surface area contributed by atoms with Crippen LogP contribution >= 0.6 is 0 Å². The molecule has 1 aliphatic heterocycles. The van der Waals surface area contributed by atoms with E-state index in [0.717, 1.165) is 38.5 Å². The summed E-state index contributed by atoms with van der Waals surface area (Å²) in [7, 11) is 0. The zero-order valence-electron chi connectivity index (χ0n) is 26.5. The standard InChI is InChI=1S/C33H63NO8/c1-3-5-7-8-9-10-11-12-13-14-15-16-17-18-19-21-22-27(36)26(34-29(37)23-20-6-4-2)25-41-33-32(40)31(39)30(38)28(24-35)42-33/h21-22,26-28,30-33,35-36,38-40H,3-20,23-25H2,1-2H3,(H,34,37)/b22-21+. The molecule has 0 aliphatic carbocycles. The lowest BCUT2D eigenvalue weighted by molar-refractivity contribution is -0.302. The SMILES string of the molecule is CCCCCCCCCCCCCCCC/C=C/C(O)C(COC1OC(CO)C(O)C(O)C1O)NC(=O)CCCCC. The van der Waals surface area contributed by atoms with Gasteiger partial charge in [0.05, 0.1) is 25.4 Å². The van der Waals surface area contributed by atoms with Crippen molar-refractivity contribution >= 4 is 5.91 Å². The smallest absolute Gasteiger partial charge is 0.220 e. The van der Waals surface area contributed by atoms with Gasteiger partial charge in [-0.1, -0.05) is 122 Å². The number of nitrogens with one attached hydrogen (secondary N) is 1. The summed E-state index contributed by atoms with van der Waals surface area (Å²) >= 11 is 0. The first kappa shape index (κ1) is 39.0. The molecular weight excluding hydrogens is 538 g/mol. The summed E-state index contributed by atoms with van der Waals surface area (Å²) < 4.78 is 11.0. The number of carbonyl (C=O) groups is 1. The van der Waals surface area contributed by atoms with Crippen molar-refractivity contribution in [1.82, 2.24) is 5.32 Å². The van der Waals surface area contributed by atoms with Gasteiger partial charge in [-0.05, 0) is 19.3 Å². The Bertz CT molecular complexity index is 676. The molecule has 42 heavy (non-hydrogen) atoms. The first-order valence-corrected chi connectivity index (χ1v) is 16.9. The molecule has 1 saturated heterocycles. The molecular formula is C33H63NO8. The number of rotatable bonds is 26. The maximum Gasteiger partial charge on any atom is 0.220 e. The van der Waals surface area contributed by atoms with Crippen LogP contribution in [-0.2, 0) is 14.3 Å². The second-order valence-corrected chi connectivity index (χ2v) is 12.0. The summed E-state index contributed by atoms with van der Waals surface area (Å²) in [5.41, 5.74) is 0. The summed E-state index contributed by atoms with van der Waals surface area (Å²) in [5.74, 6) is -0.203. The van der Waals surface area contributed by atoms with E-state index in [2.05, 4.69) is 19.2 Å². The van der Waals surface area contributed by atoms with Gasteiger partial charge in [-0.3, -0.25) is 4.79 Å². The third-order valence-electron chi connectivity index (χ3n) is 8.11. The number of amides is 1. The summed E-state index contributed by atoms with van der Waals surface area (Å²) in [6.45, 7) is 3.56. The number of allylic oxidation sites excluding steroid dienone is 1. The quantitative estimate of drug-likeness (QED) is 0.0620. The Hall–Kier alpha value is -1.07. The van der Waals surface area contributed by atoms with E-state index in [1.807, 2.05) is 6.08 Å². The van der Waals surface area contributed by atoms with Crippen LogP contribution in [0.1, 0.15) is 136 Å². The van der Waals surface area contributed by atoms with Crippen LogP contribution in [0.4, 0.5) is 0 Å². The van der Waals surface area contributed by atoms with Crippen LogP contribution in [0.25, 0.3) is 0 Å². The second kappa shape index (κ2) is 25.3. The van der Waals surface area contributed by atoms with Gasteiger partial charge in [0.15, 0.2) is 6.29 Å². The molecule has 1 fully saturated rings. The highest BCUT2D eigenvalue weighted by molar-refractivity contribution is 5.76. The highest BCUT2D eigenvalue weighted by Gasteiger charge is 2.44. The molecule has 6 N–H and O–H groups in total. The van der Waals surface area contributed by atoms with Gasteiger partial charge in [0.2, 0.25) is 5.91 Å². The average Bonchev–Trinajstić information content (AvgIpc) is 2.98. The van der Waals surface area contributed by atoms with Crippen molar-refractivity contribution in [3.05, 3.63) is 12.2 Å². The van der Waals surface area contributed by atoms with Crippen molar-refractivity contribution in [2.24, 2.45) is 0 Å². The molecule has 1 amide bonds. The Morgan fingerprint density at radius 3 is 1.86 bits per heavy atom. The van der Waals surface area contributed by atoms with E-state index in [9.17, 15) is 30.3 Å². The van der Waals surface area contributed by atoms with Crippen molar-refractivity contribution in [3.63, 3.8) is 0 Å². The van der Waals surface area contributed by atoms with Crippen LogP contribution in [0, 0.1) is 0 Å². The zero-order chi connectivity index (χ0) is 31.0. The van der Waals surface area contributed by atoms with Gasteiger partial charge in [-0.2, -0.15) is 0 Å². The van der Waals surface area contributed by atoms with Crippen molar-refractivity contribution in [2.75, 3.05) is 13.2 Å². The molecule has 0 aromatic rings. The van der Waals surface area contributed by atoms with Crippen LogP contribution in [-0.4, -0.2) is 87.5 Å². The van der Waals surface area contributed by atoms with Crippen LogP contribution in [0.5, 0.6) is 0 Å². The summed E-state index contributed by atoms with van der Waals surface area (Å²) in [6.07, 6.45) is 17.7. The van der Waals surface area contributed by atoms with E-state index < -0.39 is 49.5 Å². The highest BCUT2D eigenvalue weighted by Crippen LogP contribution is 2.22. The molecule has 248 valence electrons. The fraction of sp³-hybridized carbons (Fsp3) is 0.909. The zero-order valence-corrected chi connectivity index (χ0v) is 26.5. The molecule has 0 saturated carbocycles. The minimum atomic E-state index is -1.56. The van der Waals surface area contributed by atoms with Gasteiger partial charge >= 0.3 is 0 Å². The van der Waals surface area contributed by atoms with Gasteiger partial charge in [0, 0.05) is 6.42 Å².